The van der Waals surface area contributed by atoms with Crippen molar-refractivity contribution in [2.24, 2.45) is 0 Å². The summed E-state index contributed by atoms with van der Waals surface area (Å²) < 4.78 is 0. The van der Waals surface area contributed by atoms with Crippen molar-refractivity contribution >= 4 is 17.2 Å². The van der Waals surface area contributed by atoms with E-state index in [1.807, 2.05) is 4.90 Å². The van der Waals surface area contributed by atoms with E-state index in [-0.39, 0.29) is 5.91 Å². The molecule has 20 heavy (non-hydrogen) atoms. The SMILES string of the molecule is CC(C)NCCC(=O)N1CCN(Cc2ccsc2)CC1. The van der Waals surface area contributed by atoms with Crippen LogP contribution in [0.15, 0.2) is 16.8 Å². The first-order valence-corrected chi connectivity index (χ1v) is 8.34. The molecule has 0 bridgehead atoms. The predicted molar refractivity (Wildman–Crippen MR) is 83.9 cm³/mol. The summed E-state index contributed by atoms with van der Waals surface area (Å²) in [5, 5.41) is 7.62. The lowest BCUT2D eigenvalue weighted by Gasteiger charge is -2.34. The van der Waals surface area contributed by atoms with E-state index in [1.165, 1.54) is 5.56 Å². The largest absolute Gasteiger partial charge is 0.340 e. The van der Waals surface area contributed by atoms with Gasteiger partial charge in [0, 0.05) is 51.7 Å². The first-order valence-electron chi connectivity index (χ1n) is 7.39. The zero-order valence-electron chi connectivity index (χ0n) is 12.5. The Morgan fingerprint density at radius 1 is 1.35 bits per heavy atom. The minimum Gasteiger partial charge on any atom is -0.340 e. The molecule has 0 aromatic carbocycles. The lowest BCUT2D eigenvalue weighted by Crippen LogP contribution is -2.48. The van der Waals surface area contributed by atoms with E-state index < -0.39 is 0 Å². The van der Waals surface area contributed by atoms with Gasteiger partial charge in [0.15, 0.2) is 0 Å². The summed E-state index contributed by atoms with van der Waals surface area (Å²) in [5.41, 5.74) is 1.39. The van der Waals surface area contributed by atoms with E-state index >= 15 is 0 Å². The Balaban J connectivity index is 1.67. The highest BCUT2D eigenvalue weighted by Gasteiger charge is 2.20. The van der Waals surface area contributed by atoms with E-state index in [1.54, 1.807) is 11.3 Å². The lowest BCUT2D eigenvalue weighted by molar-refractivity contribution is -0.132. The fraction of sp³-hybridized carbons (Fsp3) is 0.667. The summed E-state index contributed by atoms with van der Waals surface area (Å²) in [5.74, 6) is 0.285. The van der Waals surface area contributed by atoms with Crippen molar-refractivity contribution in [2.75, 3.05) is 32.7 Å². The van der Waals surface area contributed by atoms with Crippen molar-refractivity contribution in [3.8, 4) is 0 Å². The molecule has 1 aromatic heterocycles. The van der Waals surface area contributed by atoms with Crippen LogP contribution >= 0.6 is 11.3 Å². The molecular weight excluding hydrogens is 270 g/mol. The van der Waals surface area contributed by atoms with Gasteiger partial charge in [-0.15, -0.1) is 0 Å². The van der Waals surface area contributed by atoms with Gasteiger partial charge in [0.1, 0.15) is 0 Å². The average molecular weight is 295 g/mol. The van der Waals surface area contributed by atoms with Crippen molar-refractivity contribution < 1.29 is 4.79 Å². The van der Waals surface area contributed by atoms with Gasteiger partial charge in [0.25, 0.3) is 0 Å². The van der Waals surface area contributed by atoms with Crippen LogP contribution in [0.25, 0.3) is 0 Å². The summed E-state index contributed by atoms with van der Waals surface area (Å²) in [6.07, 6.45) is 0.614. The van der Waals surface area contributed by atoms with Gasteiger partial charge in [0.05, 0.1) is 0 Å². The Hall–Kier alpha value is -0.910. The maximum atomic E-state index is 12.1. The van der Waals surface area contributed by atoms with Crippen LogP contribution in [0.1, 0.15) is 25.8 Å². The first kappa shape index (κ1) is 15.5. The normalized spacial score (nSPS) is 16.9. The number of thiophene rings is 1. The zero-order valence-corrected chi connectivity index (χ0v) is 13.3. The number of hydrogen-bond acceptors (Lipinski definition) is 4. The van der Waals surface area contributed by atoms with Crippen LogP contribution < -0.4 is 5.32 Å². The quantitative estimate of drug-likeness (QED) is 0.869. The molecule has 1 saturated heterocycles. The van der Waals surface area contributed by atoms with Crippen molar-refractivity contribution in [3.63, 3.8) is 0 Å². The minimum absolute atomic E-state index is 0.285. The van der Waals surface area contributed by atoms with Crippen molar-refractivity contribution in [2.45, 2.75) is 32.9 Å². The molecule has 0 unspecified atom stereocenters. The second-order valence-electron chi connectivity index (χ2n) is 5.65. The Morgan fingerprint density at radius 3 is 2.70 bits per heavy atom. The molecule has 2 heterocycles. The molecule has 1 aliphatic heterocycles. The Bertz CT molecular complexity index is 397. The first-order chi connectivity index (χ1) is 9.65. The average Bonchev–Trinajstić information content (AvgIpc) is 2.92. The standard InChI is InChI=1S/C15H25N3OS/c1-13(2)16-5-3-15(19)18-8-6-17(7-9-18)11-14-4-10-20-12-14/h4,10,12-13,16H,3,5-9,11H2,1-2H3. The molecule has 0 radical (unpaired) electrons. The van der Waals surface area contributed by atoms with Crippen LogP contribution in [0.2, 0.25) is 0 Å². The Kier molecular flexibility index (Phi) is 6.01. The second kappa shape index (κ2) is 7.76. The van der Waals surface area contributed by atoms with Gasteiger partial charge >= 0.3 is 0 Å². The number of rotatable bonds is 6. The predicted octanol–water partition coefficient (Wildman–Crippen LogP) is 1.78. The van der Waals surface area contributed by atoms with E-state index in [4.69, 9.17) is 0 Å². The molecule has 1 aliphatic rings. The molecular formula is C15H25N3OS. The summed E-state index contributed by atoms with van der Waals surface area (Å²) in [6, 6.07) is 2.63. The molecule has 2 rings (SSSR count). The molecule has 1 fully saturated rings. The Labute approximate surface area is 125 Å². The number of hydrogen-bond donors (Lipinski definition) is 1. The van der Waals surface area contributed by atoms with Crippen LogP contribution in [0.3, 0.4) is 0 Å². The van der Waals surface area contributed by atoms with Crippen molar-refractivity contribution in [3.05, 3.63) is 22.4 Å². The van der Waals surface area contributed by atoms with Crippen LogP contribution in [0, 0.1) is 0 Å². The zero-order chi connectivity index (χ0) is 14.4. The van der Waals surface area contributed by atoms with Crippen LogP contribution in [-0.4, -0.2) is 54.5 Å². The van der Waals surface area contributed by atoms with Gasteiger partial charge < -0.3 is 10.2 Å². The summed E-state index contributed by atoms with van der Waals surface area (Å²) in [6.45, 7) is 9.71. The van der Waals surface area contributed by atoms with E-state index in [9.17, 15) is 4.79 Å². The van der Waals surface area contributed by atoms with Crippen molar-refractivity contribution in [1.82, 2.24) is 15.1 Å². The van der Waals surface area contributed by atoms with E-state index in [2.05, 4.69) is 40.9 Å². The number of piperazine rings is 1. The summed E-state index contributed by atoms with van der Waals surface area (Å²) in [7, 11) is 0. The van der Waals surface area contributed by atoms with Gasteiger partial charge in [-0.3, -0.25) is 9.69 Å². The highest BCUT2D eigenvalue weighted by atomic mass is 32.1. The van der Waals surface area contributed by atoms with Gasteiger partial charge in [-0.05, 0) is 22.4 Å². The molecule has 4 nitrogen and oxygen atoms in total. The number of carbonyl (C=O) groups is 1. The summed E-state index contributed by atoms with van der Waals surface area (Å²) in [4.78, 5) is 16.5. The lowest BCUT2D eigenvalue weighted by atomic mass is 10.2. The molecule has 1 amide bonds. The molecule has 112 valence electrons. The van der Waals surface area contributed by atoms with E-state index in [0.717, 1.165) is 39.3 Å². The van der Waals surface area contributed by atoms with Gasteiger partial charge in [-0.25, -0.2) is 0 Å². The second-order valence-corrected chi connectivity index (χ2v) is 6.43. The maximum absolute atomic E-state index is 12.1. The third kappa shape index (κ3) is 4.89. The number of carbonyl (C=O) groups excluding carboxylic acids is 1. The van der Waals surface area contributed by atoms with Gasteiger partial charge in [-0.1, -0.05) is 13.8 Å². The smallest absolute Gasteiger partial charge is 0.223 e. The highest BCUT2D eigenvalue weighted by molar-refractivity contribution is 7.07. The number of amides is 1. The molecule has 5 heteroatoms. The molecule has 0 aliphatic carbocycles. The monoisotopic (exact) mass is 295 g/mol. The molecule has 0 atom stereocenters. The number of nitrogens with one attached hydrogen (secondary N) is 1. The minimum atomic E-state index is 0.285. The third-order valence-corrected chi connectivity index (χ3v) is 4.33. The van der Waals surface area contributed by atoms with Crippen LogP contribution in [0.4, 0.5) is 0 Å². The van der Waals surface area contributed by atoms with Crippen molar-refractivity contribution in [1.29, 1.82) is 0 Å². The maximum Gasteiger partial charge on any atom is 0.223 e. The fourth-order valence-electron chi connectivity index (χ4n) is 2.42. The van der Waals surface area contributed by atoms with Gasteiger partial charge in [0.2, 0.25) is 5.91 Å². The molecule has 0 saturated carbocycles. The van der Waals surface area contributed by atoms with Gasteiger partial charge in [-0.2, -0.15) is 11.3 Å². The fourth-order valence-corrected chi connectivity index (χ4v) is 3.08. The molecule has 1 N–H and O–H groups in total. The third-order valence-electron chi connectivity index (χ3n) is 3.60. The molecule has 0 spiro atoms. The summed E-state index contributed by atoms with van der Waals surface area (Å²) >= 11 is 1.75. The highest BCUT2D eigenvalue weighted by Crippen LogP contribution is 2.12. The molecule has 1 aromatic rings. The topological polar surface area (TPSA) is 35.6 Å². The van der Waals surface area contributed by atoms with E-state index in [0.29, 0.717) is 12.5 Å². The number of nitrogens with zero attached hydrogens (tertiary/aromatic N) is 2. The van der Waals surface area contributed by atoms with Crippen LogP contribution in [-0.2, 0) is 11.3 Å². The Morgan fingerprint density at radius 2 is 2.10 bits per heavy atom. The van der Waals surface area contributed by atoms with Crippen LogP contribution in [0.5, 0.6) is 0 Å².